The topological polar surface area (TPSA) is 196 Å². The molecule has 0 spiro atoms. The first kappa shape index (κ1) is 91.6. The number of aromatic nitrogens is 2. The summed E-state index contributed by atoms with van der Waals surface area (Å²) in [5.74, 6) is -6.44. The van der Waals surface area contributed by atoms with Gasteiger partial charge in [0.25, 0.3) is 11.1 Å². The fourth-order valence-corrected chi connectivity index (χ4v) is 13.2. The molecule has 0 bridgehead atoms. The third-order valence-electron chi connectivity index (χ3n) is 18.1. The molecule has 107 heavy (non-hydrogen) atoms. The van der Waals surface area contributed by atoms with Gasteiger partial charge in [0.2, 0.25) is 5.91 Å². The summed E-state index contributed by atoms with van der Waals surface area (Å²) in [7, 11) is 0. The van der Waals surface area contributed by atoms with Crippen LogP contribution in [0.1, 0.15) is 172 Å². The molecule has 4 atom stereocenters. The number of halogens is 14. The van der Waals surface area contributed by atoms with Crippen LogP contribution in [0.5, 0.6) is 0 Å². The van der Waals surface area contributed by atoms with E-state index in [9.17, 15) is 90.9 Å². The van der Waals surface area contributed by atoms with E-state index in [-0.39, 0.29) is 112 Å². The standard InChI is InChI=1S/C38H44F7N3O4.C20H21F4NO2.C18H25F3N2O3.2H2S/c1-7-52-33(50)17-30(27-14-26(15-29(35(27)39)38(43,44)45)34-23(5)9-8-10-24(34)6)46-36(51)31(13-21(2)3)48-20-25(11-12-47-18-22(4)19-47)28(16-32(48)49)37(40,41)42;1-4-27-17(26)10-16(25)14-8-13(9-15(19(14)21)20(22,23)24)18-11(2)6-5-7-12(18)3;1-11(2)6-15(17(25)26)23-10-13(4-5-22-8-12(3)9-22)14(7-16(23)24)18(19,20)21;;/h8-10,14-16,20-22,30-31H,7,11-13,17-19H2,1-6H3,(H,46,51);5-9,16H,4,10,25H2,1-3H3;7,10-12,15H,4-6,8-9H2,1-3H3,(H,25,26);2*1H2/t30-,31?;16-;;;/m00.../s1. The van der Waals surface area contributed by atoms with Gasteiger partial charge in [-0.1, -0.05) is 77.9 Å². The number of benzene rings is 4. The van der Waals surface area contributed by atoms with Crippen LogP contribution < -0.4 is 22.2 Å². The number of carboxylic acid groups (broad SMARTS) is 1. The van der Waals surface area contributed by atoms with Crippen LogP contribution in [0.25, 0.3) is 22.3 Å². The largest absolute Gasteiger partial charge is 0.480 e. The number of likely N-dealkylation sites (tertiary alicyclic amines) is 2. The summed E-state index contributed by atoms with van der Waals surface area (Å²) in [5, 5.41) is 11.9. The number of pyridine rings is 2. The van der Waals surface area contributed by atoms with Crippen LogP contribution in [0, 0.1) is 63.0 Å². The highest BCUT2D eigenvalue weighted by molar-refractivity contribution is 7.59. The molecule has 8 rings (SSSR count). The number of carboxylic acids is 1. The normalized spacial score (nSPS) is 14.9. The molecule has 2 fully saturated rings. The Kier molecular flexibility index (Phi) is 33.0. The quantitative estimate of drug-likeness (QED) is 0.0363. The fraction of sp³-hybridized carbons (Fsp3) is 0.500. The SMILES string of the molecule is CC(C)CC(C(=O)O)n1cc(CCN2CC(C)C2)c(C(F)(F)F)cc1=O.CCOC(=O)C[C@H](N)c1cc(-c2c(C)cccc2C)cc(C(F)(F)F)c1F.CCOC(=O)C[C@H](NC(=O)C(CC(C)C)n1cc(CCN2CC(C)C2)c(C(F)(F)F)cc1=O)c1cc(-c2c(C)cccc2C)cc(C(F)(F)F)c1F.S.S. The number of alkyl halides is 12. The van der Waals surface area contributed by atoms with Crippen LogP contribution in [-0.2, 0) is 66.2 Å². The number of hydrogen-bond acceptors (Lipinski definition) is 11. The van der Waals surface area contributed by atoms with Gasteiger partial charge in [0, 0.05) is 81.0 Å². The van der Waals surface area contributed by atoms with Crippen LogP contribution in [0.3, 0.4) is 0 Å². The second-order valence-corrected chi connectivity index (χ2v) is 27.8. The van der Waals surface area contributed by atoms with Gasteiger partial charge < -0.3 is 44.6 Å². The first-order chi connectivity index (χ1) is 48.7. The van der Waals surface area contributed by atoms with Crippen molar-refractivity contribution in [3.63, 3.8) is 0 Å². The van der Waals surface area contributed by atoms with Crippen LogP contribution in [-0.4, -0.2) is 100 Å². The van der Waals surface area contributed by atoms with Gasteiger partial charge in [-0.2, -0.15) is 79.7 Å². The lowest BCUT2D eigenvalue weighted by Gasteiger charge is -2.37. The van der Waals surface area contributed by atoms with Crippen molar-refractivity contribution in [3.05, 3.63) is 184 Å². The van der Waals surface area contributed by atoms with E-state index in [0.717, 1.165) is 57.9 Å². The molecular formula is C76H94F14N6O9S2. The van der Waals surface area contributed by atoms with E-state index in [2.05, 4.69) is 12.2 Å². The number of rotatable bonds is 25. The van der Waals surface area contributed by atoms with Crippen molar-refractivity contribution in [2.75, 3.05) is 52.5 Å². The van der Waals surface area contributed by atoms with E-state index in [1.807, 2.05) is 16.7 Å². The van der Waals surface area contributed by atoms with E-state index in [1.54, 1.807) is 98.7 Å². The van der Waals surface area contributed by atoms with E-state index in [4.69, 9.17) is 15.2 Å². The summed E-state index contributed by atoms with van der Waals surface area (Å²) in [6.45, 7) is 24.9. The van der Waals surface area contributed by atoms with Crippen molar-refractivity contribution >= 4 is 50.8 Å². The van der Waals surface area contributed by atoms with Gasteiger partial charge in [-0.3, -0.25) is 24.0 Å². The van der Waals surface area contributed by atoms with Crippen molar-refractivity contribution in [1.29, 1.82) is 0 Å². The Hall–Kier alpha value is -7.74. The van der Waals surface area contributed by atoms with Gasteiger partial charge in [-0.15, -0.1) is 0 Å². The van der Waals surface area contributed by atoms with Crippen molar-refractivity contribution in [3.8, 4) is 22.3 Å². The van der Waals surface area contributed by atoms with Gasteiger partial charge in [0.1, 0.15) is 23.7 Å². The lowest BCUT2D eigenvalue weighted by Crippen LogP contribution is -2.46. The average molecular weight is 1570 g/mol. The molecule has 31 heteroatoms. The molecule has 1 amide bonds. The molecule has 2 aliphatic rings. The minimum absolute atomic E-state index is 0. The van der Waals surface area contributed by atoms with E-state index >= 15 is 4.39 Å². The van der Waals surface area contributed by atoms with Gasteiger partial charge in [-0.25, -0.2) is 13.6 Å². The Morgan fingerprint density at radius 3 is 1.23 bits per heavy atom. The number of esters is 2. The molecule has 6 aromatic rings. The second kappa shape index (κ2) is 38.6. The summed E-state index contributed by atoms with van der Waals surface area (Å²) in [6.07, 6.45) is -18.5. The van der Waals surface area contributed by atoms with Crippen LogP contribution in [0.15, 0.2) is 94.8 Å². The van der Waals surface area contributed by atoms with E-state index in [0.29, 0.717) is 71.9 Å². The summed E-state index contributed by atoms with van der Waals surface area (Å²) in [5.41, 5.74) is 1.25. The van der Waals surface area contributed by atoms with Crippen molar-refractivity contribution in [2.45, 2.75) is 170 Å². The smallest absolute Gasteiger partial charge is 0.419 e. The summed E-state index contributed by atoms with van der Waals surface area (Å²) >= 11 is 0. The predicted molar refractivity (Wildman–Crippen MR) is 388 cm³/mol. The molecule has 0 aliphatic carbocycles. The maximum absolute atomic E-state index is 16.0. The number of aliphatic carboxylic acids is 1. The van der Waals surface area contributed by atoms with Gasteiger partial charge in [-0.05, 0) is 171 Å². The molecule has 4 heterocycles. The fourth-order valence-electron chi connectivity index (χ4n) is 13.2. The minimum atomic E-state index is -5.16. The summed E-state index contributed by atoms with van der Waals surface area (Å²) in [4.78, 5) is 79.7. The van der Waals surface area contributed by atoms with Crippen molar-refractivity contribution in [1.82, 2.24) is 24.3 Å². The first-order valence-corrected chi connectivity index (χ1v) is 34.4. The monoisotopic (exact) mass is 1560 g/mol. The Morgan fingerprint density at radius 1 is 0.542 bits per heavy atom. The molecular weight excluding hydrogens is 1470 g/mol. The molecule has 2 unspecified atom stereocenters. The Bertz CT molecular complexity index is 4140. The lowest BCUT2D eigenvalue weighted by atomic mass is 9.90. The molecule has 4 aromatic carbocycles. The number of nitrogens with one attached hydrogen (secondary N) is 1. The van der Waals surface area contributed by atoms with Gasteiger partial charge in [0.15, 0.2) is 0 Å². The summed E-state index contributed by atoms with van der Waals surface area (Å²) in [6, 6.07) is 9.60. The van der Waals surface area contributed by atoms with E-state index < -0.39 is 136 Å². The number of carbonyl (C=O) groups is 4. The zero-order valence-electron chi connectivity index (χ0n) is 61.5. The first-order valence-electron chi connectivity index (χ1n) is 34.4. The number of amides is 1. The zero-order valence-corrected chi connectivity index (χ0v) is 63.5. The molecule has 0 saturated carbocycles. The molecule has 2 aliphatic heterocycles. The maximum atomic E-state index is 16.0. The predicted octanol–water partition coefficient (Wildman–Crippen LogP) is 16.5. The molecule has 15 nitrogen and oxygen atoms in total. The number of carbonyl (C=O) groups excluding carboxylic acids is 3. The number of hydrogen-bond donors (Lipinski definition) is 3. The molecule has 4 N–H and O–H groups in total. The molecule has 0 radical (unpaired) electrons. The number of nitrogens with zero attached hydrogens (tertiary/aromatic N) is 4. The number of nitrogens with two attached hydrogens (primary N) is 1. The van der Waals surface area contributed by atoms with Gasteiger partial charge in [0.05, 0.1) is 54.4 Å². The minimum Gasteiger partial charge on any atom is -0.480 e. The van der Waals surface area contributed by atoms with Crippen LogP contribution >= 0.6 is 27.0 Å². The summed E-state index contributed by atoms with van der Waals surface area (Å²) < 4.78 is 208. The number of ether oxygens (including phenoxy) is 2. The third-order valence-corrected chi connectivity index (χ3v) is 18.1. The Morgan fingerprint density at radius 2 is 0.888 bits per heavy atom. The van der Waals surface area contributed by atoms with Crippen LogP contribution in [0.2, 0.25) is 0 Å². The van der Waals surface area contributed by atoms with Crippen molar-refractivity contribution < 1.29 is 95.2 Å². The van der Waals surface area contributed by atoms with Crippen molar-refractivity contribution in [2.24, 2.45) is 29.4 Å². The molecule has 592 valence electrons. The highest BCUT2D eigenvalue weighted by Gasteiger charge is 2.42. The third kappa shape index (κ3) is 24.6. The lowest BCUT2D eigenvalue weighted by molar-refractivity contribution is -0.145. The second-order valence-electron chi connectivity index (χ2n) is 27.8. The Labute approximate surface area is 626 Å². The maximum Gasteiger partial charge on any atom is 0.419 e. The van der Waals surface area contributed by atoms with E-state index in [1.165, 1.54) is 13.0 Å². The van der Waals surface area contributed by atoms with Gasteiger partial charge >= 0.3 is 42.6 Å². The number of aryl methyl sites for hydroxylation is 4. The zero-order chi connectivity index (χ0) is 78.7. The highest BCUT2D eigenvalue weighted by Crippen LogP contribution is 2.43. The molecule has 2 saturated heterocycles. The highest BCUT2D eigenvalue weighted by atomic mass is 32.1. The Balaban J connectivity index is 0.000000370. The average Bonchev–Trinajstić information content (AvgIpc) is 0.782. The molecule has 2 aromatic heterocycles. The van der Waals surface area contributed by atoms with Crippen LogP contribution in [0.4, 0.5) is 61.5 Å².